The molecule has 1 N–H and O–H groups in total. The van der Waals surface area contributed by atoms with Gasteiger partial charge in [-0.25, -0.2) is 0 Å². The molecule has 0 saturated carbocycles. The molecular weight excluding hydrogens is 246 g/mol. The van der Waals surface area contributed by atoms with E-state index in [1.807, 2.05) is 19.1 Å². The molecule has 0 aliphatic rings. The predicted molar refractivity (Wildman–Crippen MR) is 84.0 cm³/mol. The van der Waals surface area contributed by atoms with Gasteiger partial charge in [0.2, 0.25) is 0 Å². The summed E-state index contributed by atoms with van der Waals surface area (Å²) in [5, 5.41) is 3.56. The van der Waals surface area contributed by atoms with Crippen molar-refractivity contribution in [3.05, 3.63) is 65.2 Å². The van der Waals surface area contributed by atoms with Gasteiger partial charge in [-0.05, 0) is 32.4 Å². The molecule has 2 nitrogen and oxygen atoms in total. The molecule has 0 aromatic heterocycles. The summed E-state index contributed by atoms with van der Waals surface area (Å²) in [6.07, 6.45) is 0. The van der Waals surface area contributed by atoms with E-state index in [0.717, 1.165) is 12.3 Å². The third-order valence-corrected chi connectivity index (χ3v) is 3.38. The van der Waals surface area contributed by atoms with Crippen molar-refractivity contribution in [3.8, 4) is 5.75 Å². The predicted octanol–water partition coefficient (Wildman–Crippen LogP) is 4.24. The fourth-order valence-corrected chi connectivity index (χ4v) is 2.33. The molecule has 2 aromatic carbocycles. The normalized spacial score (nSPS) is 12.2. The van der Waals surface area contributed by atoms with E-state index in [0.29, 0.717) is 6.61 Å². The maximum atomic E-state index is 5.69. The summed E-state index contributed by atoms with van der Waals surface area (Å²) in [6.45, 7) is 7.87. The summed E-state index contributed by atoms with van der Waals surface area (Å²) in [6, 6.07) is 17.1. The monoisotopic (exact) mass is 269 g/mol. The third-order valence-electron chi connectivity index (χ3n) is 3.38. The van der Waals surface area contributed by atoms with Crippen molar-refractivity contribution in [2.45, 2.75) is 33.4 Å². The van der Waals surface area contributed by atoms with E-state index in [4.69, 9.17) is 4.74 Å². The minimum atomic E-state index is 0.262. The zero-order valence-electron chi connectivity index (χ0n) is 12.5. The van der Waals surface area contributed by atoms with Crippen molar-refractivity contribution >= 4 is 0 Å². The van der Waals surface area contributed by atoms with Gasteiger partial charge in [0.1, 0.15) is 5.75 Å². The van der Waals surface area contributed by atoms with Gasteiger partial charge in [0.15, 0.2) is 0 Å². The average molecular weight is 269 g/mol. The molecule has 0 aliphatic carbocycles. The van der Waals surface area contributed by atoms with Crippen molar-refractivity contribution < 1.29 is 4.74 Å². The van der Waals surface area contributed by atoms with Gasteiger partial charge in [-0.1, -0.05) is 48.0 Å². The number of hydrogen-bond donors (Lipinski definition) is 1. The summed E-state index contributed by atoms with van der Waals surface area (Å²) >= 11 is 0. The molecule has 0 aliphatic heterocycles. The van der Waals surface area contributed by atoms with E-state index >= 15 is 0 Å². The smallest absolute Gasteiger partial charge is 0.124 e. The molecule has 20 heavy (non-hydrogen) atoms. The molecule has 1 atom stereocenters. The fourth-order valence-electron chi connectivity index (χ4n) is 2.33. The molecule has 2 rings (SSSR count). The standard InChI is InChI=1S/C18H23NO/c1-4-20-18-11-6-5-10-17(18)15(3)19-13-16-9-7-8-14(2)12-16/h5-12,15,19H,4,13H2,1-3H3. The summed E-state index contributed by atoms with van der Waals surface area (Å²) in [4.78, 5) is 0. The first-order valence-corrected chi connectivity index (χ1v) is 7.21. The van der Waals surface area contributed by atoms with Crippen LogP contribution < -0.4 is 10.1 Å². The van der Waals surface area contributed by atoms with E-state index in [1.54, 1.807) is 0 Å². The molecule has 0 spiro atoms. The van der Waals surface area contributed by atoms with Crippen molar-refractivity contribution in [2.24, 2.45) is 0 Å². The van der Waals surface area contributed by atoms with Gasteiger partial charge in [-0.15, -0.1) is 0 Å². The maximum Gasteiger partial charge on any atom is 0.124 e. The molecule has 0 fully saturated rings. The number of para-hydroxylation sites is 1. The first-order valence-electron chi connectivity index (χ1n) is 7.21. The molecular formula is C18H23NO. The molecule has 0 heterocycles. The minimum absolute atomic E-state index is 0.262. The van der Waals surface area contributed by atoms with E-state index in [9.17, 15) is 0 Å². The van der Waals surface area contributed by atoms with Crippen LogP contribution in [0.5, 0.6) is 5.75 Å². The van der Waals surface area contributed by atoms with Gasteiger partial charge in [0.05, 0.1) is 6.61 Å². The molecule has 2 heteroatoms. The zero-order chi connectivity index (χ0) is 14.4. The molecule has 0 amide bonds. The first kappa shape index (κ1) is 14.6. The lowest BCUT2D eigenvalue weighted by Crippen LogP contribution is -2.19. The SMILES string of the molecule is CCOc1ccccc1C(C)NCc1cccc(C)c1. The Labute approximate surface area is 121 Å². The van der Waals surface area contributed by atoms with Crippen molar-refractivity contribution in [1.82, 2.24) is 5.32 Å². The second-order valence-corrected chi connectivity index (χ2v) is 5.06. The number of hydrogen-bond acceptors (Lipinski definition) is 2. The number of benzene rings is 2. The molecule has 106 valence electrons. The lowest BCUT2D eigenvalue weighted by atomic mass is 10.1. The van der Waals surface area contributed by atoms with Crippen LogP contribution in [0.1, 0.15) is 36.6 Å². The minimum Gasteiger partial charge on any atom is -0.494 e. The van der Waals surface area contributed by atoms with E-state index in [1.165, 1.54) is 16.7 Å². The van der Waals surface area contributed by atoms with E-state index < -0.39 is 0 Å². The Balaban J connectivity index is 2.03. The highest BCUT2D eigenvalue weighted by Crippen LogP contribution is 2.25. The van der Waals surface area contributed by atoms with Crippen LogP contribution in [0.15, 0.2) is 48.5 Å². The Hall–Kier alpha value is -1.80. The van der Waals surface area contributed by atoms with E-state index in [-0.39, 0.29) is 6.04 Å². The number of ether oxygens (including phenoxy) is 1. The summed E-state index contributed by atoms with van der Waals surface area (Å²) in [5.74, 6) is 0.972. The van der Waals surface area contributed by atoms with Gasteiger partial charge in [0.25, 0.3) is 0 Å². The van der Waals surface area contributed by atoms with Crippen LogP contribution in [0.25, 0.3) is 0 Å². The highest BCUT2D eigenvalue weighted by molar-refractivity contribution is 5.35. The Kier molecular flexibility index (Phi) is 5.19. The molecule has 2 aromatic rings. The van der Waals surface area contributed by atoms with Gasteiger partial charge < -0.3 is 10.1 Å². The van der Waals surface area contributed by atoms with E-state index in [2.05, 4.69) is 55.6 Å². The second-order valence-electron chi connectivity index (χ2n) is 5.06. The Bertz CT molecular complexity index is 551. The highest BCUT2D eigenvalue weighted by Gasteiger charge is 2.10. The number of rotatable bonds is 6. The molecule has 1 unspecified atom stereocenters. The van der Waals surface area contributed by atoms with Gasteiger partial charge in [-0.2, -0.15) is 0 Å². The summed E-state index contributed by atoms with van der Waals surface area (Å²) < 4.78 is 5.69. The lowest BCUT2D eigenvalue weighted by Gasteiger charge is -2.18. The topological polar surface area (TPSA) is 21.3 Å². The number of nitrogens with one attached hydrogen (secondary N) is 1. The Morgan fingerprint density at radius 3 is 2.65 bits per heavy atom. The highest BCUT2D eigenvalue weighted by atomic mass is 16.5. The second kappa shape index (κ2) is 7.11. The number of aryl methyl sites for hydroxylation is 1. The van der Waals surface area contributed by atoms with Crippen LogP contribution in [0.4, 0.5) is 0 Å². The van der Waals surface area contributed by atoms with Crippen LogP contribution in [0.3, 0.4) is 0 Å². The van der Waals surface area contributed by atoms with Crippen molar-refractivity contribution in [2.75, 3.05) is 6.61 Å². The van der Waals surface area contributed by atoms with Crippen LogP contribution in [0, 0.1) is 6.92 Å². The van der Waals surface area contributed by atoms with Gasteiger partial charge >= 0.3 is 0 Å². The summed E-state index contributed by atoms with van der Waals surface area (Å²) in [5.41, 5.74) is 3.82. The largest absolute Gasteiger partial charge is 0.494 e. The Morgan fingerprint density at radius 1 is 1.10 bits per heavy atom. The van der Waals surface area contributed by atoms with Crippen LogP contribution in [-0.2, 0) is 6.54 Å². The van der Waals surface area contributed by atoms with Gasteiger partial charge in [0, 0.05) is 18.2 Å². The van der Waals surface area contributed by atoms with Crippen LogP contribution in [-0.4, -0.2) is 6.61 Å². The molecule has 0 saturated heterocycles. The lowest BCUT2D eigenvalue weighted by molar-refractivity contribution is 0.332. The van der Waals surface area contributed by atoms with Crippen LogP contribution in [0.2, 0.25) is 0 Å². The Morgan fingerprint density at radius 2 is 1.90 bits per heavy atom. The maximum absolute atomic E-state index is 5.69. The third kappa shape index (κ3) is 3.84. The van der Waals surface area contributed by atoms with Crippen molar-refractivity contribution in [1.29, 1.82) is 0 Å². The summed E-state index contributed by atoms with van der Waals surface area (Å²) in [7, 11) is 0. The van der Waals surface area contributed by atoms with Gasteiger partial charge in [-0.3, -0.25) is 0 Å². The average Bonchev–Trinajstić information content (AvgIpc) is 2.46. The fraction of sp³-hybridized carbons (Fsp3) is 0.333. The molecule has 0 bridgehead atoms. The molecule has 0 radical (unpaired) electrons. The quantitative estimate of drug-likeness (QED) is 0.846. The van der Waals surface area contributed by atoms with Crippen LogP contribution >= 0.6 is 0 Å². The first-order chi connectivity index (χ1) is 9.70. The zero-order valence-corrected chi connectivity index (χ0v) is 12.5. The van der Waals surface area contributed by atoms with Crippen molar-refractivity contribution in [3.63, 3.8) is 0 Å².